The third-order valence-electron chi connectivity index (χ3n) is 3.37. The Morgan fingerprint density at radius 1 is 1.21 bits per heavy atom. The van der Waals surface area contributed by atoms with Gasteiger partial charge in [-0.1, -0.05) is 12.1 Å². The molecule has 1 fully saturated rings. The number of carbonyl (C=O) groups excluding carboxylic acids is 1. The highest BCUT2D eigenvalue weighted by Crippen LogP contribution is 2.53. The summed E-state index contributed by atoms with van der Waals surface area (Å²) in [5.41, 5.74) is 2.41. The summed E-state index contributed by atoms with van der Waals surface area (Å²) in [7, 11) is 0. The van der Waals surface area contributed by atoms with Crippen LogP contribution in [0.3, 0.4) is 0 Å². The van der Waals surface area contributed by atoms with Gasteiger partial charge in [0.2, 0.25) is 0 Å². The second kappa shape index (κ2) is 2.50. The number of fused-ring (bicyclic) bond motifs is 5. The van der Waals surface area contributed by atoms with Crippen molar-refractivity contribution in [3.8, 4) is 0 Å². The van der Waals surface area contributed by atoms with E-state index in [1.54, 1.807) is 6.07 Å². The van der Waals surface area contributed by atoms with Crippen molar-refractivity contribution in [1.82, 2.24) is 0 Å². The van der Waals surface area contributed by atoms with Gasteiger partial charge < -0.3 is 0 Å². The first kappa shape index (κ1) is 7.85. The molecule has 1 aromatic rings. The van der Waals surface area contributed by atoms with Crippen LogP contribution in [0.2, 0.25) is 0 Å². The number of benzene rings is 1. The summed E-state index contributed by atoms with van der Waals surface area (Å²) in [4.78, 5) is 22.3. The van der Waals surface area contributed by atoms with Crippen molar-refractivity contribution < 1.29 is 4.79 Å². The van der Waals surface area contributed by atoms with Crippen molar-refractivity contribution in [3.05, 3.63) is 34.2 Å². The maximum absolute atomic E-state index is 11.7. The van der Waals surface area contributed by atoms with Crippen LogP contribution in [0.4, 0.5) is 5.69 Å². The molecule has 14 heavy (non-hydrogen) atoms. The monoisotopic (exact) mass is 187 g/mol. The van der Waals surface area contributed by atoms with Crippen LogP contribution in [0, 0.1) is 4.91 Å². The molecule has 2 aliphatic carbocycles. The van der Waals surface area contributed by atoms with Crippen LogP contribution < -0.4 is 0 Å². The minimum absolute atomic E-state index is 0.0381. The average Bonchev–Trinajstić information content (AvgIpc) is 2.72. The van der Waals surface area contributed by atoms with E-state index in [0.29, 0.717) is 5.69 Å². The molecule has 0 spiro atoms. The van der Waals surface area contributed by atoms with Crippen molar-refractivity contribution >= 4 is 11.5 Å². The molecule has 1 saturated carbocycles. The van der Waals surface area contributed by atoms with Crippen LogP contribution in [0.25, 0.3) is 0 Å². The fourth-order valence-corrected chi connectivity index (χ4v) is 2.79. The normalized spacial score (nSPS) is 27.9. The molecule has 2 atom stereocenters. The summed E-state index contributed by atoms with van der Waals surface area (Å²) in [6.45, 7) is 0. The van der Waals surface area contributed by atoms with Crippen LogP contribution in [0.15, 0.2) is 23.4 Å². The van der Waals surface area contributed by atoms with Gasteiger partial charge in [0.1, 0.15) is 11.5 Å². The largest absolute Gasteiger partial charge is 0.298 e. The molecule has 1 aromatic carbocycles. The van der Waals surface area contributed by atoms with Gasteiger partial charge in [0.05, 0.1) is 0 Å². The highest BCUT2D eigenvalue weighted by atomic mass is 16.3. The Hall–Kier alpha value is -1.51. The molecule has 0 aliphatic heterocycles. The second-order valence-corrected chi connectivity index (χ2v) is 3.96. The summed E-state index contributed by atoms with van der Waals surface area (Å²) in [5, 5.41) is 2.99. The molecule has 3 rings (SSSR count). The Morgan fingerprint density at radius 2 is 2.00 bits per heavy atom. The van der Waals surface area contributed by atoms with Gasteiger partial charge in [-0.3, -0.25) is 4.79 Å². The van der Waals surface area contributed by atoms with E-state index in [-0.39, 0.29) is 17.6 Å². The molecule has 0 heterocycles. The van der Waals surface area contributed by atoms with Crippen LogP contribution in [-0.2, 0) is 4.79 Å². The van der Waals surface area contributed by atoms with E-state index in [2.05, 4.69) is 5.18 Å². The number of Topliss-reactive ketones (excluding diaryl/α,β-unsaturated/α-hetero) is 1. The van der Waals surface area contributed by atoms with Gasteiger partial charge in [0.25, 0.3) is 0 Å². The van der Waals surface area contributed by atoms with Crippen LogP contribution in [0.5, 0.6) is 0 Å². The maximum atomic E-state index is 11.7. The SMILES string of the molecule is O=Nc1cccc2c1C1CCC2C1=O. The predicted molar refractivity (Wildman–Crippen MR) is 51.6 cm³/mol. The zero-order chi connectivity index (χ0) is 9.71. The molecule has 2 bridgehead atoms. The quantitative estimate of drug-likeness (QED) is 0.634. The minimum atomic E-state index is -0.0381. The second-order valence-electron chi connectivity index (χ2n) is 3.96. The Labute approximate surface area is 81.1 Å². The van der Waals surface area contributed by atoms with Gasteiger partial charge in [0, 0.05) is 11.8 Å². The molecular formula is C11H9NO2. The smallest absolute Gasteiger partial charge is 0.147 e. The Bertz CT molecular complexity index is 439. The van der Waals surface area contributed by atoms with E-state index in [9.17, 15) is 9.70 Å². The highest BCUT2D eigenvalue weighted by molar-refractivity contribution is 6.00. The van der Waals surface area contributed by atoms with Crippen molar-refractivity contribution in [2.45, 2.75) is 24.7 Å². The lowest BCUT2D eigenvalue weighted by molar-refractivity contribution is -0.119. The van der Waals surface area contributed by atoms with E-state index in [1.807, 2.05) is 12.1 Å². The molecule has 3 heteroatoms. The van der Waals surface area contributed by atoms with Crippen LogP contribution in [-0.4, -0.2) is 5.78 Å². The van der Waals surface area contributed by atoms with Gasteiger partial charge in [-0.2, -0.15) is 0 Å². The van der Waals surface area contributed by atoms with Crippen molar-refractivity contribution in [2.24, 2.45) is 5.18 Å². The first-order chi connectivity index (χ1) is 6.83. The Kier molecular flexibility index (Phi) is 1.40. The molecule has 70 valence electrons. The highest BCUT2D eigenvalue weighted by Gasteiger charge is 2.46. The molecule has 0 amide bonds. The van der Waals surface area contributed by atoms with Crippen LogP contribution >= 0.6 is 0 Å². The van der Waals surface area contributed by atoms with Gasteiger partial charge in [-0.25, -0.2) is 0 Å². The summed E-state index contributed by atoms with van der Waals surface area (Å²) < 4.78 is 0. The van der Waals surface area contributed by atoms with Crippen molar-refractivity contribution in [2.75, 3.05) is 0 Å². The fraction of sp³-hybridized carbons (Fsp3) is 0.364. The van der Waals surface area contributed by atoms with Crippen molar-refractivity contribution in [3.63, 3.8) is 0 Å². The lowest BCUT2D eigenvalue weighted by Crippen LogP contribution is -1.98. The standard InChI is InChI=1S/C11H9NO2/c13-11-7-4-5-8(11)10-6(7)2-1-3-9(10)12-14/h1-3,7-8H,4-5H2. The number of hydrogen-bond donors (Lipinski definition) is 0. The number of rotatable bonds is 1. The van der Waals surface area contributed by atoms with E-state index in [0.717, 1.165) is 24.0 Å². The van der Waals surface area contributed by atoms with Gasteiger partial charge >= 0.3 is 0 Å². The lowest BCUT2D eigenvalue weighted by Gasteiger charge is -2.13. The fourth-order valence-electron chi connectivity index (χ4n) is 2.79. The number of nitroso groups, excluding NO2 is 1. The molecule has 3 nitrogen and oxygen atoms in total. The average molecular weight is 187 g/mol. The molecule has 0 radical (unpaired) electrons. The topological polar surface area (TPSA) is 46.5 Å². The summed E-state index contributed by atoms with van der Waals surface area (Å²) in [6.07, 6.45) is 1.84. The van der Waals surface area contributed by atoms with Crippen LogP contribution in [0.1, 0.15) is 35.8 Å². The molecule has 2 aliphatic rings. The third kappa shape index (κ3) is 0.750. The van der Waals surface area contributed by atoms with E-state index in [4.69, 9.17) is 0 Å². The van der Waals surface area contributed by atoms with E-state index in [1.165, 1.54) is 0 Å². The molecular weight excluding hydrogens is 178 g/mol. The third-order valence-corrected chi connectivity index (χ3v) is 3.37. The number of nitrogens with zero attached hydrogens (tertiary/aromatic N) is 1. The zero-order valence-electron chi connectivity index (χ0n) is 7.56. The summed E-state index contributed by atoms with van der Waals surface area (Å²) >= 11 is 0. The predicted octanol–water partition coefficient (Wildman–Crippen LogP) is 2.63. The number of ketones is 1. The van der Waals surface area contributed by atoms with Crippen molar-refractivity contribution in [1.29, 1.82) is 0 Å². The maximum Gasteiger partial charge on any atom is 0.147 e. The molecule has 0 aromatic heterocycles. The summed E-state index contributed by atoms with van der Waals surface area (Å²) in [5.74, 6) is 0.302. The Morgan fingerprint density at radius 3 is 2.79 bits per heavy atom. The number of hydrogen-bond acceptors (Lipinski definition) is 3. The first-order valence-corrected chi connectivity index (χ1v) is 4.83. The molecule has 0 saturated heterocycles. The lowest BCUT2D eigenvalue weighted by atomic mass is 9.91. The molecule has 2 unspecified atom stereocenters. The first-order valence-electron chi connectivity index (χ1n) is 4.83. The van der Waals surface area contributed by atoms with Gasteiger partial charge in [-0.15, -0.1) is 4.91 Å². The minimum Gasteiger partial charge on any atom is -0.298 e. The zero-order valence-corrected chi connectivity index (χ0v) is 7.56. The van der Waals surface area contributed by atoms with Gasteiger partial charge in [0.15, 0.2) is 0 Å². The number of carbonyl (C=O) groups is 1. The van der Waals surface area contributed by atoms with E-state index < -0.39 is 0 Å². The summed E-state index contributed by atoms with van der Waals surface area (Å²) in [6, 6.07) is 5.45. The van der Waals surface area contributed by atoms with Gasteiger partial charge in [-0.05, 0) is 35.2 Å². The van der Waals surface area contributed by atoms with E-state index >= 15 is 0 Å². The Balaban J connectivity index is 2.29. The molecule has 0 N–H and O–H groups in total.